The first kappa shape index (κ1) is 15.0. The van der Waals surface area contributed by atoms with Crippen molar-refractivity contribution in [3.63, 3.8) is 0 Å². The van der Waals surface area contributed by atoms with E-state index in [0.717, 1.165) is 15.9 Å². The number of carboxylic acids is 2. The maximum atomic E-state index is 12.0. The molecule has 3 N–H and O–H groups in total. The number of aliphatic carboxylic acids is 2. The predicted molar refractivity (Wildman–Crippen MR) is 74.5 cm³/mol. The van der Waals surface area contributed by atoms with Gasteiger partial charge >= 0.3 is 11.9 Å². The molecule has 0 spiro atoms. The number of aryl methyl sites for hydroxylation is 2. The van der Waals surface area contributed by atoms with Crippen LogP contribution >= 0.6 is 11.3 Å². The van der Waals surface area contributed by atoms with Crippen LogP contribution in [0.2, 0.25) is 0 Å². The second-order valence-electron chi connectivity index (χ2n) is 4.50. The third kappa shape index (κ3) is 3.02. The van der Waals surface area contributed by atoms with Crippen LogP contribution in [-0.4, -0.2) is 43.9 Å². The van der Waals surface area contributed by atoms with Crippen LogP contribution in [0.25, 0.3) is 10.2 Å². The van der Waals surface area contributed by atoms with Crippen LogP contribution in [0.1, 0.15) is 21.8 Å². The number of amides is 1. The number of hydrogen-bond donors (Lipinski definition) is 3. The van der Waals surface area contributed by atoms with Gasteiger partial charge in [-0.05, 0) is 13.0 Å². The highest BCUT2D eigenvalue weighted by molar-refractivity contribution is 7.20. The van der Waals surface area contributed by atoms with Gasteiger partial charge in [0.25, 0.3) is 5.91 Å². The summed E-state index contributed by atoms with van der Waals surface area (Å²) >= 11 is 1.17. The molecule has 0 aromatic carbocycles. The monoisotopic (exact) mass is 311 g/mol. The molecule has 9 heteroatoms. The third-order valence-electron chi connectivity index (χ3n) is 2.90. The second-order valence-corrected chi connectivity index (χ2v) is 5.53. The van der Waals surface area contributed by atoms with E-state index in [1.165, 1.54) is 11.3 Å². The lowest BCUT2D eigenvalue weighted by atomic mass is 10.2. The molecule has 0 bridgehead atoms. The molecule has 0 aliphatic rings. The molecule has 2 aromatic rings. The van der Waals surface area contributed by atoms with Crippen molar-refractivity contribution in [1.29, 1.82) is 0 Å². The van der Waals surface area contributed by atoms with Gasteiger partial charge in [0.05, 0.1) is 17.0 Å². The molecule has 0 saturated carbocycles. The average molecular weight is 311 g/mol. The lowest BCUT2D eigenvalue weighted by molar-refractivity contribution is -0.145. The first-order chi connectivity index (χ1) is 9.79. The van der Waals surface area contributed by atoms with E-state index in [9.17, 15) is 14.4 Å². The molecule has 2 heterocycles. The third-order valence-corrected chi connectivity index (χ3v) is 4.10. The maximum absolute atomic E-state index is 12.0. The number of hydrogen-bond acceptors (Lipinski definition) is 5. The van der Waals surface area contributed by atoms with Crippen molar-refractivity contribution in [3.8, 4) is 0 Å². The van der Waals surface area contributed by atoms with Crippen LogP contribution in [0.3, 0.4) is 0 Å². The Morgan fingerprint density at radius 3 is 2.62 bits per heavy atom. The van der Waals surface area contributed by atoms with Gasteiger partial charge < -0.3 is 15.5 Å². The van der Waals surface area contributed by atoms with Crippen molar-refractivity contribution in [2.45, 2.75) is 19.4 Å². The number of rotatable bonds is 5. The van der Waals surface area contributed by atoms with Crippen LogP contribution in [0.15, 0.2) is 6.07 Å². The molecule has 0 unspecified atom stereocenters. The fourth-order valence-corrected chi connectivity index (χ4v) is 2.95. The molecule has 0 saturated heterocycles. The Morgan fingerprint density at radius 1 is 1.43 bits per heavy atom. The minimum Gasteiger partial charge on any atom is -0.481 e. The molecule has 0 radical (unpaired) electrons. The molecule has 112 valence electrons. The summed E-state index contributed by atoms with van der Waals surface area (Å²) in [5.41, 5.74) is 0.767. The summed E-state index contributed by atoms with van der Waals surface area (Å²) in [7, 11) is 1.75. The van der Waals surface area contributed by atoms with Crippen molar-refractivity contribution in [2.24, 2.45) is 7.05 Å². The summed E-state index contributed by atoms with van der Waals surface area (Å²) in [6, 6.07) is 0.164. The highest BCUT2D eigenvalue weighted by Gasteiger charge is 2.25. The van der Waals surface area contributed by atoms with Crippen LogP contribution in [-0.2, 0) is 16.6 Å². The topological polar surface area (TPSA) is 122 Å². The van der Waals surface area contributed by atoms with Crippen molar-refractivity contribution in [3.05, 3.63) is 16.6 Å². The smallest absolute Gasteiger partial charge is 0.326 e. The largest absolute Gasteiger partial charge is 0.481 e. The van der Waals surface area contributed by atoms with Gasteiger partial charge in [-0.15, -0.1) is 11.3 Å². The van der Waals surface area contributed by atoms with Gasteiger partial charge in [0.2, 0.25) is 0 Å². The van der Waals surface area contributed by atoms with Crippen LogP contribution in [0, 0.1) is 6.92 Å². The number of carboxylic acid groups (broad SMARTS) is 2. The van der Waals surface area contributed by atoms with Gasteiger partial charge in [-0.25, -0.2) is 4.79 Å². The quantitative estimate of drug-likeness (QED) is 0.743. The Bertz CT molecular complexity index is 698. The molecule has 1 atom stereocenters. The predicted octanol–water partition coefficient (Wildman–Crippen LogP) is 0.601. The van der Waals surface area contributed by atoms with Crippen molar-refractivity contribution < 1.29 is 24.6 Å². The first-order valence-corrected chi connectivity index (χ1v) is 6.80. The SMILES string of the molecule is Cc1nn(C)c2sc(C(=O)N[C@H](CC(=O)O)C(=O)O)cc12. The number of carbonyl (C=O) groups excluding carboxylic acids is 1. The average Bonchev–Trinajstić information content (AvgIpc) is 2.91. The summed E-state index contributed by atoms with van der Waals surface area (Å²) in [4.78, 5) is 34.7. The minimum absolute atomic E-state index is 0.317. The highest BCUT2D eigenvalue weighted by Crippen LogP contribution is 2.27. The van der Waals surface area contributed by atoms with E-state index in [0.29, 0.717) is 4.88 Å². The van der Waals surface area contributed by atoms with E-state index >= 15 is 0 Å². The van der Waals surface area contributed by atoms with E-state index in [2.05, 4.69) is 10.4 Å². The molecule has 2 rings (SSSR count). The summed E-state index contributed by atoms with van der Waals surface area (Å²) < 4.78 is 1.64. The molecule has 0 aliphatic heterocycles. The summed E-state index contributed by atoms with van der Waals surface area (Å²) in [6.07, 6.45) is -0.674. The molecular weight excluding hydrogens is 298 g/mol. The summed E-state index contributed by atoms with van der Waals surface area (Å²) in [5, 5.41) is 24.8. The Hall–Kier alpha value is -2.42. The van der Waals surface area contributed by atoms with Gasteiger partial charge in [-0.1, -0.05) is 0 Å². The van der Waals surface area contributed by atoms with E-state index in [-0.39, 0.29) is 0 Å². The van der Waals surface area contributed by atoms with E-state index in [4.69, 9.17) is 10.2 Å². The second kappa shape index (κ2) is 5.52. The van der Waals surface area contributed by atoms with E-state index in [1.54, 1.807) is 24.7 Å². The fourth-order valence-electron chi connectivity index (χ4n) is 1.92. The number of thiophene rings is 1. The zero-order valence-electron chi connectivity index (χ0n) is 11.3. The minimum atomic E-state index is -1.46. The van der Waals surface area contributed by atoms with Crippen LogP contribution in [0.5, 0.6) is 0 Å². The Labute approximate surface area is 123 Å². The van der Waals surface area contributed by atoms with E-state index in [1.807, 2.05) is 0 Å². The lowest BCUT2D eigenvalue weighted by Gasteiger charge is -2.11. The normalized spacial score (nSPS) is 12.3. The molecule has 0 fully saturated rings. The van der Waals surface area contributed by atoms with Gasteiger partial charge in [0, 0.05) is 12.4 Å². The molecule has 1 amide bonds. The Morgan fingerprint density at radius 2 is 2.10 bits per heavy atom. The van der Waals surface area contributed by atoms with Crippen molar-refractivity contribution in [1.82, 2.24) is 15.1 Å². The zero-order chi connectivity index (χ0) is 15.7. The van der Waals surface area contributed by atoms with Gasteiger partial charge in [-0.3, -0.25) is 14.3 Å². The Kier molecular flexibility index (Phi) is 3.94. The lowest BCUT2D eigenvalue weighted by Crippen LogP contribution is -2.41. The Balaban J connectivity index is 2.23. The van der Waals surface area contributed by atoms with E-state index < -0.39 is 30.3 Å². The van der Waals surface area contributed by atoms with Gasteiger partial charge in [-0.2, -0.15) is 5.10 Å². The van der Waals surface area contributed by atoms with Crippen LogP contribution < -0.4 is 5.32 Å². The van der Waals surface area contributed by atoms with Crippen LogP contribution in [0.4, 0.5) is 0 Å². The summed E-state index contributed by atoms with van der Waals surface area (Å²) in [6.45, 7) is 1.81. The number of fused-ring (bicyclic) bond motifs is 1. The fraction of sp³-hybridized carbons (Fsp3) is 0.333. The summed E-state index contributed by atoms with van der Waals surface area (Å²) in [5.74, 6) is -3.28. The van der Waals surface area contributed by atoms with Gasteiger partial charge in [0.15, 0.2) is 0 Å². The van der Waals surface area contributed by atoms with Gasteiger partial charge in [0.1, 0.15) is 10.9 Å². The number of nitrogens with one attached hydrogen (secondary N) is 1. The molecule has 0 aliphatic carbocycles. The molecule has 8 nitrogen and oxygen atoms in total. The van der Waals surface area contributed by atoms with Crippen molar-refractivity contribution in [2.75, 3.05) is 0 Å². The van der Waals surface area contributed by atoms with Crippen molar-refractivity contribution >= 4 is 39.4 Å². The standard InChI is InChI=1S/C12H13N3O5S/c1-5-6-3-8(21-11(6)15(2)14-5)10(18)13-7(12(19)20)4-9(16)17/h3,7H,4H2,1-2H3,(H,13,18)(H,16,17)(H,19,20)/t7-/m1/s1. The zero-order valence-corrected chi connectivity index (χ0v) is 12.1. The first-order valence-electron chi connectivity index (χ1n) is 5.98. The molecule has 21 heavy (non-hydrogen) atoms. The molecular formula is C12H13N3O5S. The highest BCUT2D eigenvalue weighted by atomic mass is 32.1. The number of aromatic nitrogens is 2. The number of carbonyl (C=O) groups is 3. The number of nitrogens with zero attached hydrogens (tertiary/aromatic N) is 2. The molecule has 2 aromatic heterocycles. The maximum Gasteiger partial charge on any atom is 0.326 e.